The van der Waals surface area contributed by atoms with E-state index in [-0.39, 0.29) is 24.4 Å². The summed E-state index contributed by atoms with van der Waals surface area (Å²) in [5.74, 6) is -0.0919. The first-order valence-corrected chi connectivity index (χ1v) is 7.30. The molecule has 2 atom stereocenters. The number of likely N-dealkylation sites (N-methyl/N-ethyl adjacent to an activating group) is 1. The van der Waals surface area contributed by atoms with E-state index < -0.39 is 0 Å². The minimum Gasteiger partial charge on any atom is -0.348 e. The van der Waals surface area contributed by atoms with Crippen molar-refractivity contribution in [1.29, 1.82) is 0 Å². The third-order valence-corrected chi connectivity index (χ3v) is 4.37. The van der Waals surface area contributed by atoms with Crippen LogP contribution in [-0.2, 0) is 0 Å². The molecule has 1 aliphatic carbocycles. The zero-order valence-corrected chi connectivity index (χ0v) is 13.6. The first kappa shape index (κ1) is 17.6. The smallest absolute Gasteiger partial charge is 0.251 e. The number of carbonyl (C=O) groups is 1. The van der Waals surface area contributed by atoms with Crippen LogP contribution in [0.3, 0.4) is 0 Å². The molecule has 112 valence electrons. The fourth-order valence-electron chi connectivity index (χ4n) is 2.54. The summed E-state index contributed by atoms with van der Waals surface area (Å²) in [5.41, 5.74) is 0.551. The van der Waals surface area contributed by atoms with Crippen LogP contribution in [-0.4, -0.2) is 25.0 Å². The molecule has 1 aromatic carbocycles. The van der Waals surface area contributed by atoms with Crippen LogP contribution in [0.5, 0.6) is 0 Å². The highest BCUT2D eigenvalue weighted by Gasteiger charge is 2.25. The fourth-order valence-corrected chi connectivity index (χ4v) is 2.84. The molecule has 1 amide bonds. The van der Waals surface area contributed by atoms with Crippen LogP contribution >= 0.6 is 35.6 Å². The van der Waals surface area contributed by atoms with Crippen molar-refractivity contribution < 1.29 is 4.79 Å². The molecule has 0 bridgehead atoms. The van der Waals surface area contributed by atoms with Crippen molar-refractivity contribution in [3.63, 3.8) is 0 Å². The number of carbonyl (C=O) groups excluding carboxylic acids is 1. The molecule has 0 heterocycles. The molecular weight excluding hydrogens is 319 g/mol. The van der Waals surface area contributed by atoms with E-state index in [0.29, 0.717) is 21.7 Å². The molecule has 1 fully saturated rings. The Balaban J connectivity index is 0.00000200. The lowest BCUT2D eigenvalue weighted by Crippen LogP contribution is -2.50. The normalized spacial score (nSPS) is 21.9. The minimum absolute atomic E-state index is 0. The van der Waals surface area contributed by atoms with Gasteiger partial charge in [0.2, 0.25) is 0 Å². The molecule has 1 aromatic rings. The van der Waals surface area contributed by atoms with Crippen molar-refractivity contribution in [2.75, 3.05) is 7.05 Å². The summed E-state index contributed by atoms with van der Waals surface area (Å²) >= 11 is 11.8. The van der Waals surface area contributed by atoms with E-state index in [4.69, 9.17) is 23.2 Å². The Kier molecular flexibility index (Phi) is 7.10. The number of hydrogen-bond donors (Lipinski definition) is 2. The van der Waals surface area contributed by atoms with E-state index in [2.05, 4.69) is 10.6 Å². The number of amides is 1. The lowest BCUT2D eigenvalue weighted by molar-refractivity contribution is 0.0916. The Labute approximate surface area is 135 Å². The summed E-state index contributed by atoms with van der Waals surface area (Å²) < 4.78 is 0. The number of benzene rings is 1. The largest absolute Gasteiger partial charge is 0.348 e. The molecule has 3 nitrogen and oxygen atoms in total. The Morgan fingerprint density at radius 2 is 1.80 bits per heavy atom. The zero-order valence-electron chi connectivity index (χ0n) is 11.3. The Hall–Kier alpha value is -0.480. The summed E-state index contributed by atoms with van der Waals surface area (Å²) in [7, 11) is 1.94. The predicted molar refractivity (Wildman–Crippen MR) is 86.3 cm³/mol. The van der Waals surface area contributed by atoms with Gasteiger partial charge in [-0.1, -0.05) is 36.0 Å². The highest BCUT2D eigenvalue weighted by molar-refractivity contribution is 6.42. The lowest BCUT2D eigenvalue weighted by atomic mass is 9.90. The van der Waals surface area contributed by atoms with Gasteiger partial charge in [0.1, 0.15) is 0 Å². The van der Waals surface area contributed by atoms with Gasteiger partial charge in [-0.3, -0.25) is 4.79 Å². The molecule has 0 aromatic heterocycles. The van der Waals surface area contributed by atoms with E-state index in [9.17, 15) is 4.79 Å². The van der Waals surface area contributed by atoms with Crippen molar-refractivity contribution in [2.24, 2.45) is 0 Å². The van der Waals surface area contributed by atoms with Gasteiger partial charge in [0.05, 0.1) is 10.0 Å². The quantitative estimate of drug-likeness (QED) is 0.883. The molecule has 2 N–H and O–H groups in total. The van der Waals surface area contributed by atoms with Crippen molar-refractivity contribution in [2.45, 2.75) is 37.8 Å². The van der Waals surface area contributed by atoms with E-state index in [0.717, 1.165) is 19.3 Å². The van der Waals surface area contributed by atoms with E-state index in [1.165, 1.54) is 6.42 Å². The summed E-state index contributed by atoms with van der Waals surface area (Å²) in [6.07, 6.45) is 4.48. The summed E-state index contributed by atoms with van der Waals surface area (Å²) in [6, 6.07) is 5.48. The Bertz CT molecular complexity index is 468. The van der Waals surface area contributed by atoms with Gasteiger partial charge in [0, 0.05) is 17.6 Å². The highest BCUT2D eigenvalue weighted by Crippen LogP contribution is 2.23. The van der Waals surface area contributed by atoms with Gasteiger partial charge in [-0.2, -0.15) is 0 Å². The molecule has 6 heteroatoms. The van der Waals surface area contributed by atoms with Gasteiger partial charge in [0.25, 0.3) is 5.91 Å². The second-order valence-corrected chi connectivity index (χ2v) is 5.70. The number of hydrogen-bond acceptors (Lipinski definition) is 2. The first-order chi connectivity index (χ1) is 9.11. The number of rotatable bonds is 3. The molecular formula is C14H19Cl3N2O. The van der Waals surface area contributed by atoms with E-state index >= 15 is 0 Å². The van der Waals surface area contributed by atoms with Gasteiger partial charge in [-0.25, -0.2) is 0 Å². The lowest BCUT2D eigenvalue weighted by Gasteiger charge is -2.31. The van der Waals surface area contributed by atoms with E-state index in [1.54, 1.807) is 18.2 Å². The van der Waals surface area contributed by atoms with Crippen LogP contribution in [0.15, 0.2) is 18.2 Å². The maximum Gasteiger partial charge on any atom is 0.251 e. The van der Waals surface area contributed by atoms with Gasteiger partial charge >= 0.3 is 0 Å². The van der Waals surface area contributed by atoms with Crippen molar-refractivity contribution >= 4 is 41.5 Å². The highest BCUT2D eigenvalue weighted by atomic mass is 35.5. The van der Waals surface area contributed by atoms with Crippen LogP contribution in [0.4, 0.5) is 0 Å². The summed E-state index contributed by atoms with van der Waals surface area (Å²) in [4.78, 5) is 12.2. The van der Waals surface area contributed by atoms with E-state index in [1.807, 2.05) is 7.05 Å². The van der Waals surface area contributed by atoms with Crippen molar-refractivity contribution in [1.82, 2.24) is 10.6 Å². The molecule has 0 spiro atoms. The number of nitrogens with one attached hydrogen (secondary N) is 2. The molecule has 0 aliphatic heterocycles. The molecule has 2 rings (SSSR count). The van der Waals surface area contributed by atoms with Gasteiger partial charge < -0.3 is 10.6 Å². The van der Waals surface area contributed by atoms with Gasteiger partial charge in [-0.05, 0) is 38.1 Å². The Morgan fingerprint density at radius 1 is 1.15 bits per heavy atom. The maximum absolute atomic E-state index is 12.2. The molecule has 2 unspecified atom stereocenters. The van der Waals surface area contributed by atoms with Crippen LogP contribution in [0.2, 0.25) is 10.0 Å². The molecule has 0 saturated heterocycles. The third-order valence-electron chi connectivity index (χ3n) is 3.64. The average molecular weight is 338 g/mol. The molecule has 1 aliphatic rings. The van der Waals surface area contributed by atoms with Gasteiger partial charge in [-0.15, -0.1) is 12.4 Å². The standard InChI is InChI=1S/C14H18Cl2N2O.ClH/c1-17-12-4-2-3-5-13(12)18-14(19)9-6-7-10(15)11(16)8-9;/h6-8,12-13,17H,2-5H2,1H3,(H,18,19);1H. The second kappa shape index (κ2) is 8.08. The minimum atomic E-state index is -0.0919. The fraction of sp³-hybridized carbons (Fsp3) is 0.500. The van der Waals surface area contributed by atoms with Crippen LogP contribution in [0, 0.1) is 0 Å². The average Bonchev–Trinajstić information content (AvgIpc) is 2.42. The van der Waals surface area contributed by atoms with Crippen molar-refractivity contribution in [3.8, 4) is 0 Å². The summed E-state index contributed by atoms with van der Waals surface area (Å²) in [6.45, 7) is 0. The number of halogens is 3. The molecule has 0 radical (unpaired) electrons. The Morgan fingerprint density at radius 3 is 2.40 bits per heavy atom. The zero-order chi connectivity index (χ0) is 13.8. The second-order valence-electron chi connectivity index (χ2n) is 4.89. The van der Waals surface area contributed by atoms with Crippen LogP contribution in [0.1, 0.15) is 36.0 Å². The van der Waals surface area contributed by atoms with Crippen molar-refractivity contribution in [3.05, 3.63) is 33.8 Å². The molecule has 20 heavy (non-hydrogen) atoms. The van der Waals surface area contributed by atoms with Gasteiger partial charge in [0.15, 0.2) is 0 Å². The maximum atomic E-state index is 12.2. The third kappa shape index (κ3) is 4.26. The van der Waals surface area contributed by atoms with Crippen LogP contribution in [0.25, 0.3) is 0 Å². The predicted octanol–water partition coefficient (Wildman–Crippen LogP) is 3.68. The summed E-state index contributed by atoms with van der Waals surface area (Å²) in [5, 5.41) is 7.22. The molecule has 1 saturated carbocycles. The first-order valence-electron chi connectivity index (χ1n) is 6.55. The topological polar surface area (TPSA) is 41.1 Å². The van der Waals surface area contributed by atoms with Crippen LogP contribution < -0.4 is 10.6 Å². The SMILES string of the molecule is CNC1CCCCC1NC(=O)c1ccc(Cl)c(Cl)c1.Cl. The monoisotopic (exact) mass is 336 g/mol.